The van der Waals surface area contributed by atoms with E-state index < -0.39 is 0 Å². The van der Waals surface area contributed by atoms with Crippen molar-refractivity contribution in [2.24, 2.45) is 0 Å². The molecule has 0 aliphatic rings. The number of benzene rings is 3. The molecule has 3 aromatic carbocycles. The standard InChI is InChI=1S/C16H13B/c17-16-9-7-13(8-10-16)15-6-5-12-3-1-2-4-14(12)11-15/h1-11H,17H2. The highest BCUT2D eigenvalue weighted by Gasteiger charge is 1.98. The number of hydrogen-bond donors (Lipinski definition) is 0. The molecule has 0 unspecified atom stereocenters. The maximum absolute atomic E-state index is 2.25. The lowest BCUT2D eigenvalue weighted by Gasteiger charge is -2.04. The summed E-state index contributed by atoms with van der Waals surface area (Å²) in [5.41, 5.74) is 3.86. The van der Waals surface area contributed by atoms with Crippen LogP contribution in [0.3, 0.4) is 0 Å². The van der Waals surface area contributed by atoms with Gasteiger partial charge in [0.05, 0.1) is 0 Å². The second-order valence-electron chi connectivity index (χ2n) is 4.43. The van der Waals surface area contributed by atoms with Gasteiger partial charge in [-0.25, -0.2) is 0 Å². The summed E-state index contributed by atoms with van der Waals surface area (Å²) in [7, 11) is 2.12. The molecule has 0 heterocycles. The molecule has 3 rings (SSSR count). The van der Waals surface area contributed by atoms with Crippen molar-refractivity contribution in [1.82, 2.24) is 0 Å². The molecule has 0 N–H and O–H groups in total. The molecule has 0 aromatic heterocycles. The fourth-order valence-electron chi connectivity index (χ4n) is 2.11. The first-order chi connectivity index (χ1) is 8.33. The van der Waals surface area contributed by atoms with E-state index in [0.29, 0.717) is 0 Å². The van der Waals surface area contributed by atoms with Gasteiger partial charge < -0.3 is 0 Å². The van der Waals surface area contributed by atoms with Crippen molar-refractivity contribution in [3.8, 4) is 11.1 Å². The third kappa shape index (κ3) is 1.96. The minimum Gasteiger partial charge on any atom is -0.0889 e. The predicted molar refractivity (Wildman–Crippen MR) is 77.6 cm³/mol. The van der Waals surface area contributed by atoms with E-state index in [2.05, 4.69) is 74.6 Å². The van der Waals surface area contributed by atoms with Crippen LogP contribution in [0.25, 0.3) is 21.9 Å². The zero-order chi connectivity index (χ0) is 11.7. The second-order valence-corrected chi connectivity index (χ2v) is 4.43. The summed E-state index contributed by atoms with van der Waals surface area (Å²) in [5, 5.41) is 2.59. The Morgan fingerprint density at radius 2 is 1.24 bits per heavy atom. The predicted octanol–water partition coefficient (Wildman–Crippen LogP) is 2.77. The third-order valence-electron chi connectivity index (χ3n) is 3.13. The quantitative estimate of drug-likeness (QED) is 0.548. The average Bonchev–Trinajstić information content (AvgIpc) is 2.39. The summed E-state index contributed by atoms with van der Waals surface area (Å²) in [6.07, 6.45) is 0. The minimum absolute atomic E-state index is 1.28. The van der Waals surface area contributed by atoms with Crippen LogP contribution in [-0.4, -0.2) is 7.85 Å². The largest absolute Gasteiger partial charge is 0.139 e. The number of rotatable bonds is 1. The molecule has 0 amide bonds. The van der Waals surface area contributed by atoms with Crippen LogP contribution in [0.5, 0.6) is 0 Å². The van der Waals surface area contributed by atoms with Gasteiger partial charge in [0, 0.05) is 0 Å². The first kappa shape index (κ1) is 10.2. The lowest BCUT2D eigenvalue weighted by molar-refractivity contribution is 1.67. The molecule has 0 bridgehead atoms. The summed E-state index contributed by atoms with van der Waals surface area (Å²) in [6, 6.07) is 23.8. The Balaban J connectivity index is 2.14. The van der Waals surface area contributed by atoms with Gasteiger partial charge in [0.15, 0.2) is 0 Å². The Labute approximate surface area is 102 Å². The third-order valence-corrected chi connectivity index (χ3v) is 3.13. The second kappa shape index (κ2) is 4.10. The van der Waals surface area contributed by atoms with Crippen LogP contribution in [-0.2, 0) is 0 Å². The topological polar surface area (TPSA) is 0 Å². The maximum atomic E-state index is 2.25. The molecular weight excluding hydrogens is 203 g/mol. The molecule has 0 nitrogen and oxygen atoms in total. The Morgan fingerprint density at radius 1 is 0.588 bits per heavy atom. The highest BCUT2D eigenvalue weighted by Crippen LogP contribution is 2.23. The zero-order valence-electron chi connectivity index (χ0n) is 9.85. The summed E-state index contributed by atoms with van der Waals surface area (Å²) in [4.78, 5) is 0. The van der Waals surface area contributed by atoms with Gasteiger partial charge in [-0.05, 0) is 28.0 Å². The van der Waals surface area contributed by atoms with Crippen molar-refractivity contribution < 1.29 is 0 Å². The van der Waals surface area contributed by atoms with E-state index in [-0.39, 0.29) is 0 Å². The monoisotopic (exact) mass is 216 g/mol. The normalized spacial score (nSPS) is 10.6. The van der Waals surface area contributed by atoms with E-state index in [1.165, 1.54) is 27.4 Å². The number of fused-ring (bicyclic) bond motifs is 1. The summed E-state index contributed by atoms with van der Waals surface area (Å²) >= 11 is 0. The fourth-order valence-corrected chi connectivity index (χ4v) is 2.11. The molecule has 0 radical (unpaired) electrons. The van der Waals surface area contributed by atoms with Crippen molar-refractivity contribution >= 4 is 24.1 Å². The fraction of sp³-hybridized carbons (Fsp3) is 0. The van der Waals surface area contributed by atoms with Gasteiger partial charge in [-0.15, -0.1) is 0 Å². The van der Waals surface area contributed by atoms with Crippen LogP contribution >= 0.6 is 0 Å². The Hall–Kier alpha value is -2.02. The first-order valence-electron chi connectivity index (χ1n) is 5.89. The summed E-state index contributed by atoms with van der Waals surface area (Å²) < 4.78 is 0. The molecule has 0 aliphatic heterocycles. The summed E-state index contributed by atoms with van der Waals surface area (Å²) in [5.74, 6) is 0. The molecule has 1 heteroatoms. The van der Waals surface area contributed by atoms with E-state index in [4.69, 9.17) is 0 Å². The van der Waals surface area contributed by atoms with Crippen LogP contribution in [0.15, 0.2) is 66.7 Å². The molecule has 0 fully saturated rings. The lowest BCUT2D eigenvalue weighted by Crippen LogP contribution is -1.99. The Kier molecular flexibility index (Phi) is 2.45. The van der Waals surface area contributed by atoms with E-state index >= 15 is 0 Å². The molecule has 0 saturated heterocycles. The average molecular weight is 216 g/mol. The van der Waals surface area contributed by atoms with Crippen molar-refractivity contribution in [1.29, 1.82) is 0 Å². The minimum atomic E-state index is 1.28. The highest BCUT2D eigenvalue weighted by molar-refractivity contribution is 6.32. The van der Waals surface area contributed by atoms with Gasteiger partial charge in [0.25, 0.3) is 0 Å². The zero-order valence-corrected chi connectivity index (χ0v) is 9.85. The molecule has 80 valence electrons. The van der Waals surface area contributed by atoms with Crippen LogP contribution in [0.2, 0.25) is 0 Å². The highest BCUT2D eigenvalue weighted by atomic mass is 14.0. The van der Waals surface area contributed by atoms with Gasteiger partial charge in [-0.3, -0.25) is 0 Å². The molecule has 0 spiro atoms. The Morgan fingerprint density at radius 3 is 2.00 bits per heavy atom. The lowest BCUT2D eigenvalue weighted by atomic mass is 9.93. The van der Waals surface area contributed by atoms with Crippen LogP contribution in [0.4, 0.5) is 0 Å². The van der Waals surface area contributed by atoms with Crippen LogP contribution in [0.1, 0.15) is 0 Å². The van der Waals surface area contributed by atoms with E-state index in [1.807, 2.05) is 0 Å². The van der Waals surface area contributed by atoms with Crippen molar-refractivity contribution in [3.05, 3.63) is 66.7 Å². The van der Waals surface area contributed by atoms with E-state index in [1.54, 1.807) is 0 Å². The van der Waals surface area contributed by atoms with Gasteiger partial charge in [-0.2, -0.15) is 0 Å². The van der Waals surface area contributed by atoms with Gasteiger partial charge in [0.1, 0.15) is 7.85 Å². The summed E-state index contributed by atoms with van der Waals surface area (Å²) in [6.45, 7) is 0. The van der Waals surface area contributed by atoms with Crippen molar-refractivity contribution in [2.75, 3.05) is 0 Å². The molecule has 0 atom stereocenters. The van der Waals surface area contributed by atoms with Crippen LogP contribution < -0.4 is 5.46 Å². The maximum Gasteiger partial charge on any atom is 0.139 e. The van der Waals surface area contributed by atoms with Gasteiger partial charge in [-0.1, -0.05) is 66.1 Å². The molecule has 3 aromatic rings. The first-order valence-corrected chi connectivity index (χ1v) is 5.89. The van der Waals surface area contributed by atoms with Gasteiger partial charge >= 0.3 is 0 Å². The molecular formula is C16H13B. The van der Waals surface area contributed by atoms with Crippen LogP contribution in [0, 0.1) is 0 Å². The van der Waals surface area contributed by atoms with Gasteiger partial charge in [0.2, 0.25) is 0 Å². The smallest absolute Gasteiger partial charge is 0.0889 e. The molecule has 0 aliphatic carbocycles. The SMILES string of the molecule is Bc1ccc(-c2ccc3ccccc3c2)cc1. The van der Waals surface area contributed by atoms with E-state index in [0.717, 1.165) is 0 Å². The molecule has 17 heavy (non-hydrogen) atoms. The van der Waals surface area contributed by atoms with Crippen molar-refractivity contribution in [3.63, 3.8) is 0 Å². The number of hydrogen-bond acceptors (Lipinski definition) is 0. The van der Waals surface area contributed by atoms with Crippen molar-refractivity contribution in [2.45, 2.75) is 0 Å². The molecule has 0 saturated carbocycles. The van der Waals surface area contributed by atoms with E-state index in [9.17, 15) is 0 Å². The Bertz CT molecular complexity index is 654.